The molecule has 0 spiro atoms. The van der Waals surface area contributed by atoms with Crippen molar-refractivity contribution in [2.75, 3.05) is 0 Å². The van der Waals surface area contributed by atoms with Crippen molar-refractivity contribution in [2.24, 2.45) is 0 Å². The minimum Gasteiger partial charge on any atom is -0.298 e. The highest BCUT2D eigenvalue weighted by Crippen LogP contribution is 2.26. The Labute approximate surface area is 114 Å². The van der Waals surface area contributed by atoms with Crippen LogP contribution in [0.25, 0.3) is 0 Å². The topological polar surface area (TPSA) is 94.3 Å². The van der Waals surface area contributed by atoms with Gasteiger partial charge in [0.15, 0.2) is 6.29 Å². The van der Waals surface area contributed by atoms with Crippen molar-refractivity contribution < 1.29 is 18.1 Å². The van der Waals surface area contributed by atoms with E-state index >= 15 is 0 Å². The number of hydrogen-bond donors (Lipinski definition) is 0. The predicted molar refractivity (Wildman–Crippen MR) is 70.4 cm³/mol. The van der Waals surface area contributed by atoms with Crippen molar-refractivity contribution in [3.8, 4) is 0 Å². The highest BCUT2D eigenvalue weighted by Gasteiger charge is 2.22. The van der Waals surface area contributed by atoms with Crippen molar-refractivity contribution in [3.05, 3.63) is 64.2 Å². The van der Waals surface area contributed by atoms with Gasteiger partial charge in [-0.15, -0.1) is 0 Å². The molecule has 102 valence electrons. The number of rotatable bonds is 4. The van der Waals surface area contributed by atoms with Crippen LogP contribution in [0.4, 0.5) is 5.69 Å². The van der Waals surface area contributed by atoms with Crippen molar-refractivity contribution in [2.45, 2.75) is 9.79 Å². The smallest absolute Gasteiger partial charge is 0.270 e. The Morgan fingerprint density at radius 3 is 2.25 bits per heavy atom. The highest BCUT2D eigenvalue weighted by atomic mass is 32.2. The molecule has 0 radical (unpaired) electrons. The summed E-state index contributed by atoms with van der Waals surface area (Å²) in [5.74, 6) is 0. The van der Waals surface area contributed by atoms with Gasteiger partial charge in [-0.05, 0) is 18.2 Å². The minimum atomic E-state index is -3.88. The van der Waals surface area contributed by atoms with Gasteiger partial charge in [0.25, 0.3) is 5.69 Å². The fourth-order valence-corrected chi connectivity index (χ4v) is 3.15. The summed E-state index contributed by atoms with van der Waals surface area (Å²) in [6.45, 7) is 0. The van der Waals surface area contributed by atoms with Crippen LogP contribution >= 0.6 is 0 Å². The van der Waals surface area contributed by atoms with E-state index in [4.69, 9.17) is 0 Å². The minimum absolute atomic E-state index is 0.0250. The Balaban J connectivity index is 2.64. The number of nitrogens with zero attached hydrogens (tertiary/aromatic N) is 1. The molecule has 2 rings (SSSR count). The quantitative estimate of drug-likeness (QED) is 0.489. The molecule has 7 heteroatoms. The predicted octanol–water partition coefficient (Wildman–Crippen LogP) is 2.24. The first kappa shape index (κ1) is 13.9. The molecule has 0 aromatic heterocycles. The van der Waals surface area contributed by atoms with E-state index in [2.05, 4.69) is 0 Å². The molecule has 0 saturated heterocycles. The van der Waals surface area contributed by atoms with Crippen LogP contribution in [-0.2, 0) is 9.84 Å². The van der Waals surface area contributed by atoms with Gasteiger partial charge in [0.1, 0.15) is 0 Å². The molecular formula is C13H9NO5S. The monoisotopic (exact) mass is 291 g/mol. The van der Waals surface area contributed by atoms with Crippen LogP contribution in [0.1, 0.15) is 10.4 Å². The summed E-state index contributed by atoms with van der Waals surface area (Å²) in [6, 6.07) is 10.6. The number of nitro groups is 1. The van der Waals surface area contributed by atoms with Crippen LogP contribution in [-0.4, -0.2) is 19.6 Å². The molecule has 20 heavy (non-hydrogen) atoms. The third-order valence-corrected chi connectivity index (χ3v) is 4.52. The van der Waals surface area contributed by atoms with Gasteiger partial charge in [0.2, 0.25) is 9.84 Å². The zero-order valence-electron chi connectivity index (χ0n) is 10.1. The molecule has 0 fully saturated rings. The third kappa shape index (κ3) is 2.43. The number of carbonyl (C=O) groups excluding carboxylic acids is 1. The lowest BCUT2D eigenvalue weighted by molar-refractivity contribution is -0.384. The second-order valence-corrected chi connectivity index (χ2v) is 5.83. The van der Waals surface area contributed by atoms with Gasteiger partial charge >= 0.3 is 0 Å². The summed E-state index contributed by atoms with van der Waals surface area (Å²) in [5.41, 5.74) is -0.567. The van der Waals surface area contributed by atoms with Crippen molar-refractivity contribution >= 4 is 21.8 Å². The van der Waals surface area contributed by atoms with E-state index in [1.807, 2.05) is 0 Å². The Morgan fingerprint density at radius 2 is 1.70 bits per heavy atom. The van der Waals surface area contributed by atoms with Crippen LogP contribution in [0.2, 0.25) is 0 Å². The normalized spacial score (nSPS) is 11.0. The second kappa shape index (κ2) is 5.22. The Bertz CT molecular complexity index is 769. The van der Waals surface area contributed by atoms with E-state index in [1.165, 1.54) is 12.1 Å². The summed E-state index contributed by atoms with van der Waals surface area (Å²) in [5, 5.41) is 10.6. The largest absolute Gasteiger partial charge is 0.298 e. The molecule has 0 heterocycles. The maximum absolute atomic E-state index is 12.4. The average Bonchev–Trinajstić information content (AvgIpc) is 2.47. The van der Waals surface area contributed by atoms with Gasteiger partial charge < -0.3 is 0 Å². The first-order valence-corrected chi connectivity index (χ1v) is 6.99. The Kier molecular flexibility index (Phi) is 3.62. The third-order valence-electron chi connectivity index (χ3n) is 2.67. The summed E-state index contributed by atoms with van der Waals surface area (Å²) in [7, 11) is -3.88. The van der Waals surface area contributed by atoms with E-state index in [1.54, 1.807) is 18.2 Å². The van der Waals surface area contributed by atoms with E-state index in [0.29, 0.717) is 6.29 Å². The maximum Gasteiger partial charge on any atom is 0.270 e. The molecule has 0 N–H and O–H groups in total. The van der Waals surface area contributed by atoms with Gasteiger partial charge in [-0.3, -0.25) is 14.9 Å². The van der Waals surface area contributed by atoms with Gasteiger partial charge in [-0.2, -0.15) is 0 Å². The molecule has 0 amide bonds. The summed E-state index contributed by atoms with van der Waals surface area (Å²) < 4.78 is 24.7. The summed E-state index contributed by atoms with van der Waals surface area (Å²) in [4.78, 5) is 20.7. The fraction of sp³-hybridized carbons (Fsp3) is 0. The number of nitro benzene ring substituents is 1. The number of non-ortho nitro benzene ring substituents is 1. The number of benzene rings is 2. The molecule has 0 bridgehead atoms. The molecule has 0 saturated carbocycles. The molecule has 0 aliphatic rings. The lowest BCUT2D eigenvalue weighted by Crippen LogP contribution is -2.06. The second-order valence-electron chi connectivity index (χ2n) is 3.91. The van der Waals surface area contributed by atoms with Crippen LogP contribution < -0.4 is 0 Å². The van der Waals surface area contributed by atoms with E-state index in [-0.39, 0.29) is 21.0 Å². The van der Waals surface area contributed by atoms with E-state index in [0.717, 1.165) is 18.2 Å². The molecular weight excluding hydrogens is 282 g/mol. The van der Waals surface area contributed by atoms with Crippen LogP contribution in [0.15, 0.2) is 58.3 Å². The zero-order valence-corrected chi connectivity index (χ0v) is 10.9. The van der Waals surface area contributed by atoms with Gasteiger partial charge in [-0.25, -0.2) is 8.42 Å². The van der Waals surface area contributed by atoms with E-state index < -0.39 is 14.8 Å². The van der Waals surface area contributed by atoms with Crippen LogP contribution in [0, 0.1) is 10.1 Å². The number of carbonyl (C=O) groups is 1. The summed E-state index contributed by atoms with van der Waals surface area (Å²) in [6.07, 6.45) is 0.294. The summed E-state index contributed by atoms with van der Waals surface area (Å²) >= 11 is 0. The zero-order chi connectivity index (χ0) is 14.8. The fourth-order valence-electron chi connectivity index (χ4n) is 1.71. The molecule has 0 unspecified atom stereocenters. The first-order chi connectivity index (χ1) is 9.46. The molecule has 0 atom stereocenters. The standard InChI is InChI=1S/C13H9NO5S/c15-9-10-8-11(14(16)17)6-7-13(10)20(18,19)12-4-2-1-3-5-12/h1-9H. The lowest BCUT2D eigenvalue weighted by Gasteiger charge is -2.06. The number of sulfone groups is 1. The van der Waals surface area contributed by atoms with Gasteiger partial charge in [0, 0.05) is 17.7 Å². The van der Waals surface area contributed by atoms with Gasteiger partial charge in [0.05, 0.1) is 14.7 Å². The van der Waals surface area contributed by atoms with Crippen LogP contribution in [0.5, 0.6) is 0 Å². The highest BCUT2D eigenvalue weighted by molar-refractivity contribution is 7.91. The van der Waals surface area contributed by atoms with Gasteiger partial charge in [-0.1, -0.05) is 18.2 Å². The Morgan fingerprint density at radius 1 is 1.05 bits per heavy atom. The number of aldehydes is 1. The molecule has 6 nitrogen and oxygen atoms in total. The number of hydrogen-bond acceptors (Lipinski definition) is 5. The molecule has 2 aromatic carbocycles. The average molecular weight is 291 g/mol. The van der Waals surface area contributed by atoms with Crippen LogP contribution in [0.3, 0.4) is 0 Å². The lowest BCUT2D eigenvalue weighted by atomic mass is 10.2. The Hall–Kier alpha value is -2.54. The SMILES string of the molecule is O=Cc1cc([N+](=O)[O-])ccc1S(=O)(=O)c1ccccc1. The van der Waals surface area contributed by atoms with Crippen molar-refractivity contribution in [1.29, 1.82) is 0 Å². The van der Waals surface area contributed by atoms with Crippen molar-refractivity contribution in [1.82, 2.24) is 0 Å². The molecule has 0 aliphatic heterocycles. The molecule has 0 aliphatic carbocycles. The molecule has 2 aromatic rings. The van der Waals surface area contributed by atoms with Crippen molar-refractivity contribution in [3.63, 3.8) is 0 Å². The maximum atomic E-state index is 12.4. The first-order valence-electron chi connectivity index (χ1n) is 5.50. The van der Waals surface area contributed by atoms with E-state index in [9.17, 15) is 23.3 Å².